The van der Waals surface area contributed by atoms with Gasteiger partial charge in [-0.1, -0.05) is 0 Å². The van der Waals surface area contributed by atoms with Gasteiger partial charge in [0, 0.05) is 12.6 Å². The van der Waals surface area contributed by atoms with Crippen LogP contribution in [0.25, 0.3) is 0 Å². The highest BCUT2D eigenvalue weighted by Crippen LogP contribution is 2.16. The van der Waals surface area contributed by atoms with Crippen LogP contribution >= 0.6 is 0 Å². The lowest BCUT2D eigenvalue weighted by atomic mass is 10.00. The van der Waals surface area contributed by atoms with Crippen molar-refractivity contribution in [2.75, 3.05) is 6.54 Å². The van der Waals surface area contributed by atoms with Crippen LogP contribution in [0, 0.1) is 0 Å². The maximum Gasteiger partial charge on any atom is 0.351 e. The molecule has 0 radical (unpaired) electrons. The first-order valence-corrected chi connectivity index (χ1v) is 5.25. The summed E-state index contributed by atoms with van der Waals surface area (Å²) >= 11 is 0. The number of nitrogens with one attached hydrogen (secondary N) is 1. The van der Waals surface area contributed by atoms with E-state index in [-0.39, 0.29) is 12.1 Å². The lowest BCUT2D eigenvalue weighted by Gasteiger charge is -2.21. The molecular formula is C11H12N2O6. The summed E-state index contributed by atoms with van der Waals surface area (Å²) in [6.45, 7) is -0.403. The second-order valence-corrected chi connectivity index (χ2v) is 3.73. The topological polar surface area (TPSA) is 136 Å². The SMILES string of the molecule is O=C(O)CN=C/C=C1/C=C(C(=O)O)N[C@H](C(=O)O)C1. The fraction of sp³-hybridized carbons (Fsp3) is 0.273. The summed E-state index contributed by atoms with van der Waals surface area (Å²) in [7, 11) is 0. The summed E-state index contributed by atoms with van der Waals surface area (Å²) in [4.78, 5) is 35.5. The van der Waals surface area contributed by atoms with Gasteiger partial charge in [-0.2, -0.15) is 0 Å². The first kappa shape index (κ1) is 14.4. The Morgan fingerprint density at radius 2 is 2.05 bits per heavy atom. The van der Waals surface area contributed by atoms with Crippen molar-refractivity contribution in [3.05, 3.63) is 23.4 Å². The zero-order chi connectivity index (χ0) is 14.4. The van der Waals surface area contributed by atoms with Crippen LogP contribution in [0.1, 0.15) is 6.42 Å². The Kier molecular flexibility index (Phi) is 4.81. The van der Waals surface area contributed by atoms with Gasteiger partial charge in [0.15, 0.2) is 0 Å². The molecule has 1 rings (SSSR count). The van der Waals surface area contributed by atoms with E-state index in [9.17, 15) is 14.4 Å². The van der Waals surface area contributed by atoms with Gasteiger partial charge in [-0.25, -0.2) is 9.59 Å². The number of hydrogen-bond acceptors (Lipinski definition) is 5. The van der Waals surface area contributed by atoms with Crippen molar-refractivity contribution in [3.63, 3.8) is 0 Å². The van der Waals surface area contributed by atoms with Crippen LogP contribution in [0.4, 0.5) is 0 Å². The summed E-state index contributed by atoms with van der Waals surface area (Å²) in [6.07, 6.45) is 3.98. The summed E-state index contributed by atoms with van der Waals surface area (Å²) in [5.74, 6) is -3.52. The first-order valence-electron chi connectivity index (χ1n) is 5.25. The van der Waals surface area contributed by atoms with Crippen molar-refractivity contribution in [1.82, 2.24) is 5.32 Å². The number of carboxylic acids is 3. The fourth-order valence-electron chi connectivity index (χ4n) is 1.43. The van der Waals surface area contributed by atoms with Crippen LogP contribution in [0.15, 0.2) is 28.4 Å². The van der Waals surface area contributed by atoms with Crippen LogP contribution in [0.5, 0.6) is 0 Å². The lowest BCUT2D eigenvalue weighted by molar-refractivity contribution is -0.139. The van der Waals surface area contributed by atoms with Gasteiger partial charge in [-0.15, -0.1) is 0 Å². The number of hydrogen-bond donors (Lipinski definition) is 4. The molecule has 1 atom stereocenters. The van der Waals surface area contributed by atoms with Gasteiger partial charge >= 0.3 is 17.9 Å². The van der Waals surface area contributed by atoms with Crippen molar-refractivity contribution in [2.45, 2.75) is 12.5 Å². The Labute approximate surface area is 107 Å². The summed E-state index contributed by atoms with van der Waals surface area (Å²) in [6, 6.07) is -1.03. The molecule has 0 aromatic rings. The number of aliphatic carboxylic acids is 3. The van der Waals surface area contributed by atoms with Gasteiger partial charge in [0.25, 0.3) is 0 Å². The summed E-state index contributed by atoms with van der Waals surface area (Å²) < 4.78 is 0. The molecule has 0 saturated carbocycles. The van der Waals surface area contributed by atoms with Gasteiger partial charge < -0.3 is 20.6 Å². The Morgan fingerprint density at radius 3 is 2.58 bits per heavy atom. The highest BCUT2D eigenvalue weighted by molar-refractivity contribution is 5.89. The number of aliphatic imine (C=N–C) groups is 1. The van der Waals surface area contributed by atoms with E-state index in [1.165, 1.54) is 18.4 Å². The van der Waals surface area contributed by atoms with Crippen molar-refractivity contribution in [1.29, 1.82) is 0 Å². The van der Waals surface area contributed by atoms with E-state index in [2.05, 4.69) is 10.3 Å². The number of carbonyl (C=O) groups is 3. The molecule has 0 saturated heterocycles. The van der Waals surface area contributed by atoms with Gasteiger partial charge in [0.1, 0.15) is 18.3 Å². The van der Waals surface area contributed by atoms with Gasteiger partial charge in [0.2, 0.25) is 0 Å². The van der Waals surface area contributed by atoms with Gasteiger partial charge in [-0.3, -0.25) is 9.79 Å². The molecule has 0 spiro atoms. The second kappa shape index (κ2) is 6.34. The van der Waals surface area contributed by atoms with Crippen molar-refractivity contribution >= 4 is 24.1 Å². The number of carboxylic acid groups (broad SMARTS) is 3. The molecule has 1 aliphatic rings. The molecule has 19 heavy (non-hydrogen) atoms. The smallest absolute Gasteiger partial charge is 0.351 e. The van der Waals surface area contributed by atoms with Crippen LogP contribution in [0.2, 0.25) is 0 Å². The Morgan fingerprint density at radius 1 is 1.37 bits per heavy atom. The molecule has 1 aliphatic heterocycles. The van der Waals surface area contributed by atoms with E-state index in [0.717, 1.165) is 0 Å². The molecule has 0 bridgehead atoms. The monoisotopic (exact) mass is 268 g/mol. The van der Waals surface area contributed by atoms with Crippen molar-refractivity contribution in [3.8, 4) is 0 Å². The minimum absolute atomic E-state index is 0.0885. The van der Waals surface area contributed by atoms with E-state index in [4.69, 9.17) is 15.3 Å². The Bertz CT molecular complexity index is 491. The number of nitrogens with zero attached hydrogens (tertiary/aromatic N) is 1. The summed E-state index contributed by atoms with van der Waals surface area (Å²) in [5, 5.41) is 28.5. The van der Waals surface area contributed by atoms with Gasteiger partial charge in [0.05, 0.1) is 0 Å². The van der Waals surface area contributed by atoms with E-state index in [0.29, 0.717) is 5.57 Å². The average molecular weight is 268 g/mol. The normalized spacial score (nSPS) is 20.9. The molecular weight excluding hydrogens is 256 g/mol. The Hall–Kier alpha value is -2.64. The molecule has 0 unspecified atom stereocenters. The minimum atomic E-state index is -1.26. The third-order valence-corrected chi connectivity index (χ3v) is 2.25. The third-order valence-electron chi connectivity index (χ3n) is 2.25. The van der Waals surface area contributed by atoms with Gasteiger partial charge in [-0.05, 0) is 17.7 Å². The molecule has 1 heterocycles. The lowest BCUT2D eigenvalue weighted by Crippen LogP contribution is -2.41. The van der Waals surface area contributed by atoms with Crippen LogP contribution in [-0.2, 0) is 14.4 Å². The van der Waals surface area contributed by atoms with Crippen LogP contribution < -0.4 is 5.32 Å². The second-order valence-electron chi connectivity index (χ2n) is 3.73. The third kappa shape index (κ3) is 4.62. The van der Waals surface area contributed by atoms with Crippen molar-refractivity contribution < 1.29 is 29.7 Å². The van der Waals surface area contributed by atoms with Crippen molar-refractivity contribution in [2.24, 2.45) is 4.99 Å². The molecule has 102 valence electrons. The highest BCUT2D eigenvalue weighted by Gasteiger charge is 2.26. The molecule has 8 nitrogen and oxygen atoms in total. The van der Waals surface area contributed by atoms with Crippen LogP contribution in [-0.4, -0.2) is 52.0 Å². The molecule has 0 fully saturated rings. The minimum Gasteiger partial charge on any atom is -0.480 e. The molecule has 0 amide bonds. The Balaban J connectivity index is 2.86. The molecule has 0 aliphatic carbocycles. The molecule has 4 N–H and O–H groups in total. The summed E-state index contributed by atoms with van der Waals surface area (Å²) in [5.41, 5.74) is 0.217. The molecule has 8 heteroatoms. The largest absolute Gasteiger partial charge is 0.480 e. The van der Waals surface area contributed by atoms with E-state index in [1.54, 1.807) is 0 Å². The van der Waals surface area contributed by atoms with E-state index < -0.39 is 30.5 Å². The predicted molar refractivity (Wildman–Crippen MR) is 64.0 cm³/mol. The number of rotatable bonds is 5. The molecule has 0 aromatic heterocycles. The highest BCUT2D eigenvalue weighted by atomic mass is 16.4. The maximum atomic E-state index is 10.9. The van der Waals surface area contributed by atoms with Crippen LogP contribution in [0.3, 0.4) is 0 Å². The number of allylic oxidation sites excluding steroid dienone is 2. The standard InChI is InChI=1S/C11H12N2O6/c14-9(15)5-12-2-1-6-3-7(10(16)17)13-8(4-6)11(18)19/h1-3,8,13H,4-5H2,(H,14,15)(H,16,17)(H,18,19)/b6-1-,12-2?/t8-/m0/s1. The quantitative estimate of drug-likeness (QED) is 0.492. The van der Waals surface area contributed by atoms with E-state index in [1.807, 2.05) is 0 Å². The first-order chi connectivity index (χ1) is 8.90. The molecule has 0 aromatic carbocycles. The maximum absolute atomic E-state index is 10.9. The zero-order valence-electron chi connectivity index (χ0n) is 9.74. The fourth-order valence-corrected chi connectivity index (χ4v) is 1.43. The zero-order valence-corrected chi connectivity index (χ0v) is 9.74. The predicted octanol–water partition coefficient (Wildman–Crippen LogP) is -0.517. The average Bonchev–Trinajstić information content (AvgIpc) is 2.34. The van der Waals surface area contributed by atoms with E-state index >= 15 is 0 Å².